The van der Waals surface area contributed by atoms with Crippen molar-refractivity contribution in [3.05, 3.63) is 48.7 Å². The summed E-state index contributed by atoms with van der Waals surface area (Å²) in [7, 11) is 0. The predicted molar refractivity (Wildman–Crippen MR) is 75.0 cm³/mol. The summed E-state index contributed by atoms with van der Waals surface area (Å²) in [4.78, 5) is 15.6. The molecule has 0 aliphatic rings. The zero-order valence-corrected chi connectivity index (χ0v) is 11.9. The fourth-order valence-electron chi connectivity index (χ4n) is 1.44. The average Bonchev–Trinajstić information content (AvgIpc) is 2.73. The number of aromatic nitrogens is 1. The molecule has 0 amide bonds. The summed E-state index contributed by atoms with van der Waals surface area (Å²) in [5.41, 5.74) is 0.771. The Morgan fingerprint density at radius 3 is 3.00 bits per heavy atom. The van der Waals surface area contributed by atoms with Gasteiger partial charge in [0.2, 0.25) is 5.82 Å². The van der Waals surface area contributed by atoms with E-state index < -0.39 is 4.92 Å². The second kappa shape index (κ2) is 5.45. The molecule has 0 saturated carbocycles. The zero-order chi connectivity index (χ0) is 13.1. The summed E-state index contributed by atoms with van der Waals surface area (Å²) in [5, 5.41) is 15.9. The first-order valence-electron chi connectivity index (χ1n) is 5.14. The third-order valence-electron chi connectivity index (χ3n) is 2.31. The molecule has 5 nitrogen and oxygen atoms in total. The van der Waals surface area contributed by atoms with Crippen molar-refractivity contribution in [1.29, 1.82) is 0 Å². The number of nitro groups is 1. The number of hydrogen-bond donors (Lipinski definition) is 1. The van der Waals surface area contributed by atoms with Gasteiger partial charge in [-0.1, -0.05) is 0 Å². The molecule has 0 bridgehead atoms. The first-order chi connectivity index (χ1) is 8.58. The Bertz CT molecular complexity index is 585. The lowest BCUT2D eigenvalue weighted by atomic mass is 10.3. The minimum absolute atomic E-state index is 0.00248. The monoisotopic (exact) mass is 327 g/mol. The van der Waals surface area contributed by atoms with E-state index in [1.165, 1.54) is 6.07 Å². The highest BCUT2D eigenvalue weighted by molar-refractivity contribution is 9.10. The van der Waals surface area contributed by atoms with Crippen molar-refractivity contribution in [3.63, 3.8) is 0 Å². The second-order valence-corrected chi connectivity index (χ2v) is 5.54. The summed E-state index contributed by atoms with van der Waals surface area (Å²) in [6, 6.07) is 3.46. The summed E-state index contributed by atoms with van der Waals surface area (Å²) >= 11 is 4.99. The van der Waals surface area contributed by atoms with Crippen LogP contribution in [0.4, 0.5) is 11.5 Å². The Morgan fingerprint density at radius 2 is 2.39 bits per heavy atom. The van der Waals surface area contributed by atoms with Gasteiger partial charge in [-0.25, -0.2) is 4.98 Å². The number of pyridine rings is 1. The molecule has 0 radical (unpaired) electrons. The van der Waals surface area contributed by atoms with E-state index in [2.05, 4.69) is 26.2 Å². The van der Waals surface area contributed by atoms with Crippen molar-refractivity contribution in [2.45, 2.75) is 13.5 Å². The van der Waals surface area contributed by atoms with Crippen LogP contribution in [0, 0.1) is 17.0 Å². The molecule has 1 N–H and O–H groups in total. The Kier molecular flexibility index (Phi) is 3.93. The van der Waals surface area contributed by atoms with Gasteiger partial charge in [0, 0.05) is 21.6 Å². The number of rotatable bonds is 4. The van der Waals surface area contributed by atoms with Crippen molar-refractivity contribution in [3.8, 4) is 0 Å². The quantitative estimate of drug-likeness (QED) is 0.686. The van der Waals surface area contributed by atoms with Crippen LogP contribution in [0.1, 0.15) is 10.4 Å². The Morgan fingerprint density at radius 1 is 1.61 bits per heavy atom. The molecular weight excluding hydrogens is 318 g/mol. The number of aryl methyl sites for hydroxylation is 1. The molecule has 0 aliphatic carbocycles. The van der Waals surface area contributed by atoms with Crippen molar-refractivity contribution in [2.75, 3.05) is 5.32 Å². The van der Waals surface area contributed by atoms with Gasteiger partial charge in [0.1, 0.15) is 0 Å². The largest absolute Gasteiger partial charge is 0.359 e. The second-order valence-electron chi connectivity index (χ2n) is 3.68. The topological polar surface area (TPSA) is 68.1 Å². The highest BCUT2D eigenvalue weighted by Gasteiger charge is 2.15. The van der Waals surface area contributed by atoms with E-state index in [0.717, 1.165) is 14.9 Å². The van der Waals surface area contributed by atoms with Gasteiger partial charge in [-0.3, -0.25) is 10.1 Å². The zero-order valence-electron chi connectivity index (χ0n) is 9.51. The molecule has 0 aliphatic heterocycles. The molecule has 0 aromatic carbocycles. The van der Waals surface area contributed by atoms with Crippen molar-refractivity contribution in [2.24, 2.45) is 0 Å². The maximum absolute atomic E-state index is 10.9. The lowest BCUT2D eigenvalue weighted by molar-refractivity contribution is -0.384. The van der Waals surface area contributed by atoms with Crippen LogP contribution in [-0.4, -0.2) is 9.91 Å². The Labute approximate surface area is 116 Å². The van der Waals surface area contributed by atoms with E-state index >= 15 is 0 Å². The first-order valence-corrected chi connectivity index (χ1v) is 6.82. The van der Waals surface area contributed by atoms with Crippen molar-refractivity contribution >= 4 is 38.8 Å². The highest BCUT2D eigenvalue weighted by atomic mass is 79.9. The number of nitrogens with one attached hydrogen (secondary N) is 1. The molecule has 0 fully saturated rings. The van der Waals surface area contributed by atoms with Gasteiger partial charge in [0.25, 0.3) is 0 Å². The molecule has 94 valence electrons. The fraction of sp³-hybridized carbons (Fsp3) is 0.182. The van der Waals surface area contributed by atoms with E-state index in [4.69, 9.17) is 0 Å². The molecule has 0 unspecified atom stereocenters. The molecule has 0 spiro atoms. The lowest BCUT2D eigenvalue weighted by Gasteiger charge is -2.05. The Hall–Kier alpha value is -1.47. The molecule has 2 aromatic heterocycles. The third kappa shape index (κ3) is 2.85. The van der Waals surface area contributed by atoms with Crippen LogP contribution in [-0.2, 0) is 6.54 Å². The van der Waals surface area contributed by atoms with Crippen LogP contribution < -0.4 is 5.32 Å². The fourth-order valence-corrected chi connectivity index (χ4v) is 2.88. The lowest BCUT2D eigenvalue weighted by Crippen LogP contribution is -2.04. The van der Waals surface area contributed by atoms with Gasteiger partial charge in [-0.05, 0) is 39.9 Å². The van der Waals surface area contributed by atoms with E-state index in [-0.39, 0.29) is 5.69 Å². The van der Waals surface area contributed by atoms with Gasteiger partial charge in [-0.2, -0.15) is 0 Å². The van der Waals surface area contributed by atoms with Gasteiger partial charge in [-0.15, -0.1) is 11.3 Å². The molecular formula is C11H10BrN3O2S. The number of anilines is 1. The summed E-state index contributed by atoms with van der Waals surface area (Å²) in [6.45, 7) is 2.29. The molecule has 2 rings (SSSR count). The molecule has 0 saturated heterocycles. The summed E-state index contributed by atoms with van der Waals surface area (Å²) in [6.07, 6.45) is 1.61. The molecule has 18 heavy (non-hydrogen) atoms. The van der Waals surface area contributed by atoms with Crippen LogP contribution in [0.15, 0.2) is 28.2 Å². The first kappa shape index (κ1) is 13.0. The molecule has 7 heteroatoms. The van der Waals surface area contributed by atoms with Gasteiger partial charge >= 0.3 is 5.69 Å². The van der Waals surface area contributed by atoms with E-state index in [0.29, 0.717) is 12.4 Å². The van der Waals surface area contributed by atoms with Crippen LogP contribution in [0.3, 0.4) is 0 Å². The molecule has 2 aromatic rings. The van der Waals surface area contributed by atoms with Crippen molar-refractivity contribution in [1.82, 2.24) is 4.98 Å². The maximum Gasteiger partial charge on any atom is 0.311 e. The van der Waals surface area contributed by atoms with E-state index in [9.17, 15) is 10.1 Å². The highest BCUT2D eigenvalue weighted by Crippen LogP contribution is 2.26. The summed E-state index contributed by atoms with van der Waals surface area (Å²) < 4.78 is 0.995. The minimum atomic E-state index is -0.425. The maximum atomic E-state index is 10.9. The van der Waals surface area contributed by atoms with E-state index in [1.807, 2.05) is 11.4 Å². The standard InChI is InChI=1S/C11H10BrN3O2S/c1-7-4-9(15(16)17)11(13-5-7)14-6-10-8(12)2-3-18-10/h2-5H,6H2,1H3,(H,13,14). The SMILES string of the molecule is Cc1cnc(NCc2sccc2Br)c([N+](=O)[O-])c1. The average molecular weight is 328 g/mol. The van der Waals surface area contributed by atoms with Gasteiger partial charge in [0.05, 0.1) is 11.5 Å². The normalized spacial score (nSPS) is 10.3. The molecule has 0 atom stereocenters. The third-order valence-corrected chi connectivity index (χ3v) is 4.23. The minimum Gasteiger partial charge on any atom is -0.359 e. The molecule has 2 heterocycles. The Balaban J connectivity index is 2.19. The van der Waals surface area contributed by atoms with E-state index in [1.54, 1.807) is 24.5 Å². The number of hydrogen-bond acceptors (Lipinski definition) is 5. The van der Waals surface area contributed by atoms with Crippen molar-refractivity contribution < 1.29 is 4.92 Å². The van der Waals surface area contributed by atoms with Crippen LogP contribution in [0.25, 0.3) is 0 Å². The number of nitrogens with zero attached hydrogens (tertiary/aromatic N) is 2. The smallest absolute Gasteiger partial charge is 0.311 e. The van der Waals surface area contributed by atoms with Crippen LogP contribution in [0.2, 0.25) is 0 Å². The van der Waals surface area contributed by atoms with Crippen LogP contribution >= 0.6 is 27.3 Å². The predicted octanol–water partition coefficient (Wildman–Crippen LogP) is 3.73. The van der Waals surface area contributed by atoms with Gasteiger partial charge < -0.3 is 5.32 Å². The van der Waals surface area contributed by atoms with Crippen LogP contribution in [0.5, 0.6) is 0 Å². The summed E-state index contributed by atoms with van der Waals surface area (Å²) in [5.74, 6) is 0.297. The number of halogens is 1. The number of thiophene rings is 1. The van der Waals surface area contributed by atoms with Gasteiger partial charge in [0.15, 0.2) is 0 Å².